The van der Waals surface area contributed by atoms with Crippen LogP contribution in [0.15, 0.2) is 24.3 Å². The molecule has 20 heavy (non-hydrogen) atoms. The SMILES string of the molecule is CCc1cc(COc2ccc(OC)cc2N)n(CC)n1. The third-order valence-corrected chi connectivity index (χ3v) is 3.17. The van der Waals surface area contributed by atoms with E-state index in [-0.39, 0.29) is 0 Å². The first kappa shape index (κ1) is 14.2. The molecule has 0 radical (unpaired) electrons. The van der Waals surface area contributed by atoms with Crippen LogP contribution in [0.2, 0.25) is 0 Å². The highest BCUT2D eigenvalue weighted by Gasteiger charge is 2.08. The highest BCUT2D eigenvalue weighted by atomic mass is 16.5. The summed E-state index contributed by atoms with van der Waals surface area (Å²) in [4.78, 5) is 0. The molecule has 0 atom stereocenters. The summed E-state index contributed by atoms with van der Waals surface area (Å²) in [6, 6.07) is 7.48. The molecule has 0 aliphatic rings. The van der Waals surface area contributed by atoms with Crippen molar-refractivity contribution in [2.75, 3.05) is 12.8 Å². The Morgan fingerprint density at radius 3 is 2.65 bits per heavy atom. The molecular weight excluding hydrogens is 254 g/mol. The predicted octanol–water partition coefficient (Wildman–Crippen LogP) is 2.64. The molecular formula is C15H21N3O2. The van der Waals surface area contributed by atoms with Crippen LogP contribution in [-0.4, -0.2) is 16.9 Å². The molecule has 5 nitrogen and oxygen atoms in total. The van der Waals surface area contributed by atoms with Crippen LogP contribution >= 0.6 is 0 Å². The van der Waals surface area contributed by atoms with E-state index in [1.54, 1.807) is 13.2 Å². The van der Waals surface area contributed by atoms with Gasteiger partial charge in [0.25, 0.3) is 0 Å². The molecule has 0 saturated carbocycles. The lowest BCUT2D eigenvalue weighted by Crippen LogP contribution is -2.07. The van der Waals surface area contributed by atoms with Gasteiger partial charge in [-0.1, -0.05) is 6.92 Å². The van der Waals surface area contributed by atoms with E-state index in [2.05, 4.69) is 25.0 Å². The van der Waals surface area contributed by atoms with Crippen LogP contribution in [0.25, 0.3) is 0 Å². The molecule has 1 aromatic carbocycles. The second-order valence-electron chi connectivity index (χ2n) is 4.49. The van der Waals surface area contributed by atoms with E-state index >= 15 is 0 Å². The zero-order chi connectivity index (χ0) is 14.5. The average Bonchev–Trinajstić information content (AvgIpc) is 2.88. The number of aryl methyl sites for hydroxylation is 2. The van der Waals surface area contributed by atoms with Gasteiger partial charge in [-0.2, -0.15) is 5.10 Å². The molecule has 0 bridgehead atoms. The molecule has 0 aliphatic carbocycles. The van der Waals surface area contributed by atoms with Gasteiger partial charge < -0.3 is 15.2 Å². The van der Waals surface area contributed by atoms with E-state index in [1.807, 2.05) is 16.8 Å². The fraction of sp³-hybridized carbons (Fsp3) is 0.400. The molecule has 0 saturated heterocycles. The number of nitrogens with two attached hydrogens (primary N) is 1. The quantitative estimate of drug-likeness (QED) is 0.823. The van der Waals surface area contributed by atoms with Gasteiger partial charge in [0.2, 0.25) is 0 Å². The van der Waals surface area contributed by atoms with Crippen molar-refractivity contribution in [3.05, 3.63) is 35.7 Å². The largest absolute Gasteiger partial charge is 0.497 e. The van der Waals surface area contributed by atoms with Crippen LogP contribution < -0.4 is 15.2 Å². The smallest absolute Gasteiger partial charge is 0.143 e. The first-order valence-corrected chi connectivity index (χ1v) is 6.79. The number of benzene rings is 1. The molecule has 2 N–H and O–H groups in total. The third kappa shape index (κ3) is 3.04. The van der Waals surface area contributed by atoms with Gasteiger partial charge in [0.1, 0.15) is 18.1 Å². The normalized spacial score (nSPS) is 10.6. The molecule has 0 amide bonds. The molecule has 0 unspecified atom stereocenters. The van der Waals surface area contributed by atoms with E-state index in [0.717, 1.165) is 30.1 Å². The fourth-order valence-corrected chi connectivity index (χ4v) is 2.01. The number of nitrogens with zero attached hydrogens (tertiary/aromatic N) is 2. The van der Waals surface area contributed by atoms with E-state index in [0.29, 0.717) is 18.0 Å². The Labute approximate surface area is 119 Å². The molecule has 2 rings (SSSR count). The van der Waals surface area contributed by atoms with Gasteiger partial charge in [-0.3, -0.25) is 4.68 Å². The third-order valence-electron chi connectivity index (χ3n) is 3.17. The fourth-order valence-electron chi connectivity index (χ4n) is 2.01. The average molecular weight is 275 g/mol. The Bertz CT molecular complexity index is 578. The molecule has 0 spiro atoms. The predicted molar refractivity (Wildman–Crippen MR) is 79.0 cm³/mol. The number of ether oxygens (including phenoxy) is 2. The maximum absolute atomic E-state index is 5.94. The van der Waals surface area contributed by atoms with Crippen LogP contribution in [0.1, 0.15) is 25.2 Å². The van der Waals surface area contributed by atoms with Gasteiger partial charge in [-0.25, -0.2) is 0 Å². The van der Waals surface area contributed by atoms with E-state index in [1.165, 1.54) is 0 Å². The number of rotatable bonds is 6. The zero-order valence-corrected chi connectivity index (χ0v) is 12.2. The van der Waals surface area contributed by atoms with Crippen molar-refractivity contribution in [3.63, 3.8) is 0 Å². The minimum atomic E-state index is 0.456. The second kappa shape index (κ2) is 6.32. The second-order valence-corrected chi connectivity index (χ2v) is 4.49. The molecule has 108 valence electrons. The van der Waals surface area contributed by atoms with Gasteiger partial charge in [0.05, 0.1) is 24.2 Å². The first-order chi connectivity index (χ1) is 9.67. The molecule has 0 aliphatic heterocycles. The van der Waals surface area contributed by atoms with Gasteiger partial charge in [-0.05, 0) is 31.5 Å². The van der Waals surface area contributed by atoms with Crippen LogP contribution in [-0.2, 0) is 19.6 Å². The minimum absolute atomic E-state index is 0.456. The summed E-state index contributed by atoms with van der Waals surface area (Å²) < 4.78 is 12.9. The molecule has 0 fully saturated rings. The maximum Gasteiger partial charge on any atom is 0.143 e. The van der Waals surface area contributed by atoms with Crippen molar-refractivity contribution in [1.29, 1.82) is 0 Å². The van der Waals surface area contributed by atoms with Crippen LogP contribution in [0.4, 0.5) is 5.69 Å². The number of hydrogen-bond acceptors (Lipinski definition) is 4. The van der Waals surface area contributed by atoms with Crippen LogP contribution in [0.5, 0.6) is 11.5 Å². The van der Waals surface area contributed by atoms with E-state index in [9.17, 15) is 0 Å². The molecule has 2 aromatic rings. The number of methoxy groups -OCH3 is 1. The summed E-state index contributed by atoms with van der Waals surface area (Å²) in [7, 11) is 1.61. The van der Waals surface area contributed by atoms with E-state index in [4.69, 9.17) is 15.2 Å². The highest BCUT2D eigenvalue weighted by molar-refractivity contribution is 5.56. The van der Waals surface area contributed by atoms with Gasteiger partial charge >= 0.3 is 0 Å². The Hall–Kier alpha value is -2.17. The van der Waals surface area contributed by atoms with Gasteiger partial charge in [-0.15, -0.1) is 0 Å². The lowest BCUT2D eigenvalue weighted by atomic mass is 10.3. The van der Waals surface area contributed by atoms with Crippen molar-refractivity contribution in [2.45, 2.75) is 33.4 Å². The summed E-state index contributed by atoms with van der Waals surface area (Å²) in [5, 5.41) is 4.49. The Morgan fingerprint density at radius 2 is 2.05 bits per heavy atom. The first-order valence-electron chi connectivity index (χ1n) is 6.79. The van der Waals surface area contributed by atoms with Gasteiger partial charge in [0, 0.05) is 12.6 Å². The molecule has 1 aromatic heterocycles. The van der Waals surface area contributed by atoms with Crippen molar-refractivity contribution >= 4 is 5.69 Å². The van der Waals surface area contributed by atoms with Crippen molar-refractivity contribution in [1.82, 2.24) is 9.78 Å². The minimum Gasteiger partial charge on any atom is -0.497 e. The lowest BCUT2D eigenvalue weighted by Gasteiger charge is -2.10. The summed E-state index contributed by atoms with van der Waals surface area (Å²) in [5.74, 6) is 1.38. The standard InChI is InChI=1S/C15H21N3O2/c1-4-11-8-12(18(5-2)17-11)10-20-15-7-6-13(19-3)9-14(15)16/h6-9H,4-5,10,16H2,1-3H3. The maximum atomic E-state index is 5.94. The zero-order valence-electron chi connectivity index (χ0n) is 12.2. The van der Waals surface area contributed by atoms with Crippen molar-refractivity contribution in [3.8, 4) is 11.5 Å². The van der Waals surface area contributed by atoms with Crippen LogP contribution in [0, 0.1) is 0 Å². The summed E-state index contributed by atoms with van der Waals surface area (Å²) in [5.41, 5.74) is 8.64. The summed E-state index contributed by atoms with van der Waals surface area (Å²) in [6.07, 6.45) is 0.921. The Morgan fingerprint density at radius 1 is 1.25 bits per heavy atom. The Balaban J connectivity index is 2.10. The lowest BCUT2D eigenvalue weighted by molar-refractivity contribution is 0.293. The summed E-state index contributed by atoms with van der Waals surface area (Å²) in [6.45, 7) is 5.44. The molecule has 5 heteroatoms. The number of aromatic nitrogens is 2. The number of hydrogen-bond donors (Lipinski definition) is 1. The highest BCUT2D eigenvalue weighted by Crippen LogP contribution is 2.27. The molecule has 1 heterocycles. The van der Waals surface area contributed by atoms with E-state index < -0.39 is 0 Å². The summed E-state index contributed by atoms with van der Waals surface area (Å²) >= 11 is 0. The van der Waals surface area contributed by atoms with Gasteiger partial charge in [0.15, 0.2) is 0 Å². The monoisotopic (exact) mass is 275 g/mol. The van der Waals surface area contributed by atoms with Crippen molar-refractivity contribution < 1.29 is 9.47 Å². The number of anilines is 1. The van der Waals surface area contributed by atoms with Crippen LogP contribution in [0.3, 0.4) is 0 Å². The topological polar surface area (TPSA) is 62.3 Å². The number of nitrogen functional groups attached to an aromatic ring is 1. The van der Waals surface area contributed by atoms with Crippen molar-refractivity contribution in [2.24, 2.45) is 0 Å². The Kier molecular flexibility index (Phi) is 4.50.